The zero-order chi connectivity index (χ0) is 14.9. The van der Waals surface area contributed by atoms with Crippen molar-refractivity contribution in [3.8, 4) is 0 Å². The highest BCUT2D eigenvalue weighted by atomic mass is 16.2. The van der Waals surface area contributed by atoms with Crippen LogP contribution in [0.3, 0.4) is 0 Å². The average Bonchev–Trinajstić information content (AvgIpc) is 2.87. The number of aromatic nitrogens is 3. The molecule has 1 aromatic heterocycles. The van der Waals surface area contributed by atoms with E-state index in [1.54, 1.807) is 0 Å². The van der Waals surface area contributed by atoms with Gasteiger partial charge in [-0.2, -0.15) is 0 Å². The summed E-state index contributed by atoms with van der Waals surface area (Å²) in [5.74, 6) is 0.972. The van der Waals surface area contributed by atoms with E-state index in [0.717, 1.165) is 31.8 Å². The van der Waals surface area contributed by atoms with E-state index in [1.165, 1.54) is 0 Å². The number of rotatable bonds is 2. The van der Waals surface area contributed by atoms with Crippen molar-refractivity contribution in [1.82, 2.24) is 25.0 Å². The lowest BCUT2D eigenvalue weighted by Crippen LogP contribution is -2.47. The second-order valence-corrected chi connectivity index (χ2v) is 6.77. The zero-order valence-corrected chi connectivity index (χ0v) is 13.1. The normalized spacial score (nSPS) is 20.5. The Hall–Kier alpha value is -1.43. The maximum Gasteiger partial charge on any atom is 0.293 e. The van der Waals surface area contributed by atoms with Crippen LogP contribution in [0.25, 0.3) is 0 Å². The maximum absolute atomic E-state index is 12.5. The molecule has 1 aliphatic heterocycles. The minimum absolute atomic E-state index is 0.0664. The maximum atomic E-state index is 12.5. The van der Waals surface area contributed by atoms with E-state index in [2.05, 4.69) is 34.2 Å². The fourth-order valence-corrected chi connectivity index (χ4v) is 2.39. The molecule has 112 valence electrons. The number of nitrogens with zero attached hydrogens (tertiary/aromatic N) is 4. The number of hydrogen-bond donors (Lipinski definition) is 1. The summed E-state index contributed by atoms with van der Waals surface area (Å²) < 4.78 is 0. The number of piperidine rings is 1. The van der Waals surface area contributed by atoms with Crippen molar-refractivity contribution in [2.75, 3.05) is 27.2 Å². The van der Waals surface area contributed by atoms with Gasteiger partial charge in [0.25, 0.3) is 5.91 Å². The summed E-state index contributed by atoms with van der Waals surface area (Å²) in [6.07, 6.45) is 2.17. The van der Waals surface area contributed by atoms with Crippen molar-refractivity contribution < 1.29 is 4.79 Å². The molecule has 0 bridgehead atoms. The first-order valence-electron chi connectivity index (χ1n) is 7.17. The third kappa shape index (κ3) is 3.17. The number of H-pyrrole nitrogens is 1. The minimum atomic E-state index is -0.125. The average molecular weight is 279 g/mol. The summed E-state index contributed by atoms with van der Waals surface area (Å²) >= 11 is 0. The summed E-state index contributed by atoms with van der Waals surface area (Å²) in [7, 11) is 4.12. The molecule has 1 atom stereocenters. The number of likely N-dealkylation sites (tertiary alicyclic amines) is 1. The van der Waals surface area contributed by atoms with Crippen LogP contribution in [0.5, 0.6) is 0 Å². The molecule has 20 heavy (non-hydrogen) atoms. The van der Waals surface area contributed by atoms with Crippen molar-refractivity contribution in [3.05, 3.63) is 11.6 Å². The molecule has 1 fully saturated rings. The molecule has 1 N–H and O–H groups in total. The molecular formula is C14H25N5O. The topological polar surface area (TPSA) is 65.1 Å². The van der Waals surface area contributed by atoms with Crippen LogP contribution in [0.15, 0.2) is 0 Å². The fraction of sp³-hybridized carbons (Fsp3) is 0.786. The summed E-state index contributed by atoms with van der Waals surface area (Å²) in [6, 6.07) is 0.425. The summed E-state index contributed by atoms with van der Waals surface area (Å²) in [5.41, 5.74) is -0.125. The lowest BCUT2D eigenvalue weighted by Gasteiger charge is -2.35. The first-order valence-corrected chi connectivity index (χ1v) is 7.17. The molecule has 1 amide bonds. The van der Waals surface area contributed by atoms with Gasteiger partial charge < -0.3 is 9.80 Å². The molecule has 2 heterocycles. The van der Waals surface area contributed by atoms with Crippen molar-refractivity contribution in [3.63, 3.8) is 0 Å². The zero-order valence-electron chi connectivity index (χ0n) is 13.1. The van der Waals surface area contributed by atoms with Crippen LogP contribution in [-0.2, 0) is 5.41 Å². The fourth-order valence-electron chi connectivity index (χ4n) is 2.39. The van der Waals surface area contributed by atoms with Gasteiger partial charge >= 0.3 is 0 Å². The first kappa shape index (κ1) is 15.0. The molecule has 2 rings (SSSR count). The van der Waals surface area contributed by atoms with Gasteiger partial charge in [0.05, 0.1) is 0 Å². The van der Waals surface area contributed by atoms with E-state index in [0.29, 0.717) is 6.04 Å². The van der Waals surface area contributed by atoms with Gasteiger partial charge in [-0.3, -0.25) is 9.89 Å². The Labute approximate surface area is 120 Å². The molecule has 1 aromatic rings. The highest BCUT2D eigenvalue weighted by molar-refractivity contribution is 5.90. The van der Waals surface area contributed by atoms with Crippen molar-refractivity contribution >= 4 is 5.91 Å². The Kier molecular flexibility index (Phi) is 4.13. The summed E-state index contributed by atoms with van der Waals surface area (Å²) in [4.78, 5) is 20.9. The van der Waals surface area contributed by atoms with Gasteiger partial charge in [0.15, 0.2) is 0 Å². The molecule has 0 radical (unpaired) electrons. The van der Waals surface area contributed by atoms with Crippen LogP contribution in [0.4, 0.5) is 0 Å². The van der Waals surface area contributed by atoms with Gasteiger partial charge in [0, 0.05) is 24.5 Å². The van der Waals surface area contributed by atoms with Crippen LogP contribution in [0, 0.1) is 0 Å². The largest absolute Gasteiger partial charge is 0.334 e. The number of nitrogens with one attached hydrogen (secondary N) is 1. The van der Waals surface area contributed by atoms with Crippen molar-refractivity contribution in [2.24, 2.45) is 0 Å². The van der Waals surface area contributed by atoms with E-state index >= 15 is 0 Å². The van der Waals surface area contributed by atoms with E-state index in [-0.39, 0.29) is 17.1 Å². The molecular weight excluding hydrogens is 254 g/mol. The lowest BCUT2D eigenvalue weighted by molar-refractivity contribution is 0.0623. The molecule has 1 unspecified atom stereocenters. The SMILES string of the molecule is CN(C)C1CCCN(C(=O)c2n[nH]c(C(C)(C)C)n2)C1. The summed E-state index contributed by atoms with van der Waals surface area (Å²) in [5, 5.41) is 6.97. The molecule has 0 aliphatic carbocycles. The van der Waals surface area contributed by atoms with Crippen molar-refractivity contribution in [2.45, 2.75) is 45.1 Å². The van der Waals surface area contributed by atoms with E-state index < -0.39 is 0 Å². The monoisotopic (exact) mass is 279 g/mol. The van der Waals surface area contributed by atoms with Gasteiger partial charge in [0.1, 0.15) is 5.82 Å². The molecule has 6 heteroatoms. The smallest absolute Gasteiger partial charge is 0.293 e. The van der Waals surface area contributed by atoms with Gasteiger partial charge in [0.2, 0.25) is 5.82 Å². The lowest BCUT2D eigenvalue weighted by atomic mass is 9.96. The molecule has 0 spiro atoms. The van der Waals surface area contributed by atoms with Crippen LogP contribution in [-0.4, -0.2) is 64.1 Å². The third-order valence-electron chi connectivity index (χ3n) is 3.80. The quantitative estimate of drug-likeness (QED) is 0.885. The van der Waals surface area contributed by atoms with Crippen LogP contribution in [0.1, 0.15) is 50.1 Å². The van der Waals surface area contributed by atoms with Gasteiger partial charge in [-0.1, -0.05) is 20.8 Å². The molecule has 1 saturated heterocycles. The predicted octanol–water partition coefficient (Wildman–Crippen LogP) is 1.27. The van der Waals surface area contributed by atoms with Crippen molar-refractivity contribution in [1.29, 1.82) is 0 Å². The number of carbonyl (C=O) groups excluding carboxylic acids is 1. The van der Waals surface area contributed by atoms with E-state index in [1.807, 2.05) is 25.7 Å². The van der Waals surface area contributed by atoms with Crippen LogP contribution < -0.4 is 0 Å². The van der Waals surface area contributed by atoms with Gasteiger partial charge in [-0.15, -0.1) is 5.10 Å². The third-order valence-corrected chi connectivity index (χ3v) is 3.80. The van der Waals surface area contributed by atoms with Crippen LogP contribution in [0.2, 0.25) is 0 Å². The Morgan fingerprint density at radius 2 is 2.10 bits per heavy atom. The Bertz CT molecular complexity index is 474. The number of amides is 1. The minimum Gasteiger partial charge on any atom is -0.334 e. The van der Waals surface area contributed by atoms with E-state index in [4.69, 9.17) is 0 Å². The number of likely N-dealkylation sites (N-methyl/N-ethyl adjacent to an activating group) is 1. The highest BCUT2D eigenvalue weighted by Crippen LogP contribution is 2.19. The Morgan fingerprint density at radius 3 is 2.65 bits per heavy atom. The predicted molar refractivity (Wildman–Crippen MR) is 77.7 cm³/mol. The second-order valence-electron chi connectivity index (χ2n) is 6.77. The summed E-state index contributed by atoms with van der Waals surface area (Å²) in [6.45, 7) is 7.69. The Balaban J connectivity index is 2.09. The second kappa shape index (κ2) is 5.52. The number of carbonyl (C=O) groups is 1. The molecule has 0 aromatic carbocycles. The standard InChI is InChI=1S/C14H25N5O/c1-14(2,3)13-15-11(16-17-13)12(20)19-8-6-7-10(9-19)18(4)5/h10H,6-9H2,1-5H3,(H,15,16,17). The number of aromatic amines is 1. The van der Waals surface area contributed by atoms with Gasteiger partial charge in [-0.25, -0.2) is 4.98 Å². The first-order chi connectivity index (χ1) is 9.29. The van der Waals surface area contributed by atoms with Crippen LogP contribution >= 0.6 is 0 Å². The highest BCUT2D eigenvalue weighted by Gasteiger charge is 2.29. The molecule has 1 aliphatic rings. The Morgan fingerprint density at radius 1 is 1.40 bits per heavy atom. The number of hydrogen-bond acceptors (Lipinski definition) is 4. The molecule has 6 nitrogen and oxygen atoms in total. The van der Waals surface area contributed by atoms with Gasteiger partial charge in [-0.05, 0) is 26.9 Å². The molecule has 0 saturated carbocycles. The van der Waals surface area contributed by atoms with E-state index in [9.17, 15) is 4.79 Å².